The van der Waals surface area contributed by atoms with Crippen molar-refractivity contribution < 1.29 is 9.72 Å². The van der Waals surface area contributed by atoms with E-state index in [1.807, 2.05) is 0 Å². The molecule has 0 fully saturated rings. The number of hydrogen-bond donors (Lipinski definition) is 0. The zero-order chi connectivity index (χ0) is 12.3. The van der Waals surface area contributed by atoms with Gasteiger partial charge in [-0.05, 0) is 15.9 Å². The van der Waals surface area contributed by atoms with Crippen molar-refractivity contribution in [3.63, 3.8) is 0 Å². The summed E-state index contributed by atoms with van der Waals surface area (Å²) in [7, 11) is 0. The Bertz CT molecular complexity index is 495. The standard InChI is InChI=1S/C9H9BrN2O4/c1-2-6(13)3-11-4-7(10)9(14)8(5-11)12(15)16/h4-5H,2-3H2,1H3. The van der Waals surface area contributed by atoms with Crippen LogP contribution in [0.1, 0.15) is 13.3 Å². The molecule has 0 bridgehead atoms. The number of nitrogens with zero attached hydrogens (tertiary/aromatic N) is 2. The van der Waals surface area contributed by atoms with Crippen LogP contribution in [-0.4, -0.2) is 15.3 Å². The van der Waals surface area contributed by atoms with Crippen molar-refractivity contribution in [3.05, 3.63) is 37.2 Å². The Hall–Kier alpha value is -1.50. The lowest BCUT2D eigenvalue weighted by molar-refractivity contribution is -0.386. The molecule has 16 heavy (non-hydrogen) atoms. The highest BCUT2D eigenvalue weighted by molar-refractivity contribution is 9.10. The van der Waals surface area contributed by atoms with Crippen molar-refractivity contribution in [1.29, 1.82) is 0 Å². The van der Waals surface area contributed by atoms with Crippen LogP contribution in [0.5, 0.6) is 0 Å². The number of aromatic nitrogens is 1. The lowest BCUT2D eigenvalue weighted by Gasteiger charge is -2.04. The molecule has 0 spiro atoms. The largest absolute Gasteiger partial charge is 0.339 e. The van der Waals surface area contributed by atoms with Gasteiger partial charge in [0.1, 0.15) is 0 Å². The highest BCUT2D eigenvalue weighted by atomic mass is 79.9. The second-order valence-electron chi connectivity index (χ2n) is 3.14. The minimum absolute atomic E-state index is 0.0240. The van der Waals surface area contributed by atoms with E-state index in [-0.39, 0.29) is 16.8 Å². The van der Waals surface area contributed by atoms with Crippen molar-refractivity contribution >= 4 is 27.4 Å². The normalized spacial score (nSPS) is 10.1. The molecule has 1 heterocycles. The first-order valence-electron chi connectivity index (χ1n) is 4.51. The van der Waals surface area contributed by atoms with E-state index in [2.05, 4.69) is 15.9 Å². The molecule has 7 heteroatoms. The predicted octanol–water partition coefficient (Wildman–Crippen LogP) is 1.50. The summed E-state index contributed by atoms with van der Waals surface area (Å²) in [6, 6.07) is 0. The molecule has 0 amide bonds. The van der Waals surface area contributed by atoms with Crippen LogP contribution in [0.4, 0.5) is 5.69 Å². The second kappa shape index (κ2) is 5.02. The van der Waals surface area contributed by atoms with Gasteiger partial charge in [-0.1, -0.05) is 6.92 Å². The van der Waals surface area contributed by atoms with Crippen molar-refractivity contribution in [2.24, 2.45) is 0 Å². The van der Waals surface area contributed by atoms with Crippen LogP contribution in [0.3, 0.4) is 0 Å². The van der Waals surface area contributed by atoms with Gasteiger partial charge in [0.05, 0.1) is 22.1 Å². The van der Waals surface area contributed by atoms with Gasteiger partial charge in [-0.15, -0.1) is 0 Å². The Balaban J connectivity index is 3.19. The average Bonchev–Trinajstić information content (AvgIpc) is 2.22. The Morgan fingerprint density at radius 1 is 1.56 bits per heavy atom. The molecule has 1 aromatic rings. The van der Waals surface area contributed by atoms with Gasteiger partial charge in [-0.2, -0.15) is 0 Å². The molecule has 0 aliphatic heterocycles. The maximum Gasteiger partial charge on any atom is 0.333 e. The van der Waals surface area contributed by atoms with Crippen LogP contribution < -0.4 is 5.43 Å². The third kappa shape index (κ3) is 2.75. The third-order valence-corrected chi connectivity index (χ3v) is 2.53. The molecule has 0 unspecified atom stereocenters. The minimum Gasteiger partial charge on any atom is -0.339 e. The highest BCUT2D eigenvalue weighted by Crippen LogP contribution is 2.10. The number of ketones is 1. The summed E-state index contributed by atoms with van der Waals surface area (Å²) in [4.78, 5) is 32.3. The van der Waals surface area contributed by atoms with Crippen LogP contribution in [0, 0.1) is 10.1 Å². The first-order valence-corrected chi connectivity index (χ1v) is 5.30. The first kappa shape index (κ1) is 12.6. The molecule has 0 N–H and O–H groups in total. The van der Waals surface area contributed by atoms with Crippen LogP contribution in [0.2, 0.25) is 0 Å². The molecule has 86 valence electrons. The SMILES string of the molecule is CCC(=O)Cn1cc(Br)c(=O)c([N+](=O)[O-])c1. The van der Waals surface area contributed by atoms with Crippen molar-refractivity contribution in [2.75, 3.05) is 0 Å². The Kier molecular flexibility index (Phi) is 3.94. The van der Waals surface area contributed by atoms with E-state index in [9.17, 15) is 19.7 Å². The zero-order valence-corrected chi connectivity index (χ0v) is 10.1. The Morgan fingerprint density at radius 2 is 2.19 bits per heavy atom. The number of halogens is 1. The molecule has 0 atom stereocenters. The molecule has 0 saturated heterocycles. The Morgan fingerprint density at radius 3 is 2.69 bits per heavy atom. The van der Waals surface area contributed by atoms with Gasteiger partial charge in [0.25, 0.3) is 5.43 Å². The van der Waals surface area contributed by atoms with Crippen LogP contribution >= 0.6 is 15.9 Å². The van der Waals surface area contributed by atoms with Gasteiger partial charge in [0.15, 0.2) is 5.78 Å². The molecular weight excluding hydrogens is 280 g/mol. The predicted molar refractivity (Wildman–Crippen MR) is 60.4 cm³/mol. The van der Waals surface area contributed by atoms with E-state index in [0.29, 0.717) is 6.42 Å². The van der Waals surface area contributed by atoms with Crippen molar-refractivity contribution in [1.82, 2.24) is 4.57 Å². The van der Waals surface area contributed by atoms with Gasteiger partial charge in [0, 0.05) is 12.6 Å². The molecule has 0 saturated carbocycles. The lowest BCUT2D eigenvalue weighted by Crippen LogP contribution is -2.16. The first-order chi connectivity index (χ1) is 7.45. The average molecular weight is 289 g/mol. The topological polar surface area (TPSA) is 82.2 Å². The molecule has 0 aliphatic rings. The fourth-order valence-corrected chi connectivity index (χ4v) is 1.58. The van der Waals surface area contributed by atoms with Crippen molar-refractivity contribution in [2.45, 2.75) is 19.9 Å². The summed E-state index contributed by atoms with van der Waals surface area (Å²) in [6.07, 6.45) is 2.78. The summed E-state index contributed by atoms with van der Waals surface area (Å²) >= 11 is 2.93. The molecule has 1 rings (SSSR count). The second-order valence-corrected chi connectivity index (χ2v) is 4.00. The molecular formula is C9H9BrN2O4. The summed E-state index contributed by atoms with van der Waals surface area (Å²) in [5, 5.41) is 10.6. The number of rotatable bonds is 4. The summed E-state index contributed by atoms with van der Waals surface area (Å²) < 4.78 is 1.40. The molecule has 1 aromatic heterocycles. The van der Waals surface area contributed by atoms with Gasteiger partial charge in [-0.3, -0.25) is 19.7 Å². The van der Waals surface area contributed by atoms with Gasteiger partial charge < -0.3 is 4.57 Å². The number of carbonyl (C=O) groups is 1. The van der Waals surface area contributed by atoms with Gasteiger partial charge in [0.2, 0.25) is 0 Å². The number of carbonyl (C=O) groups excluding carboxylic acids is 1. The Labute approximate surface area is 99.2 Å². The van der Waals surface area contributed by atoms with E-state index in [0.717, 1.165) is 6.20 Å². The number of Topliss-reactive ketones (excluding diaryl/α,β-unsaturated/α-hetero) is 1. The van der Waals surface area contributed by atoms with Crippen molar-refractivity contribution in [3.8, 4) is 0 Å². The van der Waals surface area contributed by atoms with Crippen LogP contribution in [-0.2, 0) is 11.3 Å². The summed E-state index contributed by atoms with van der Waals surface area (Å²) in [5.74, 6) is -0.0650. The molecule has 0 radical (unpaired) electrons. The fraction of sp³-hybridized carbons (Fsp3) is 0.333. The third-order valence-electron chi connectivity index (χ3n) is 1.97. The zero-order valence-electron chi connectivity index (χ0n) is 8.47. The molecule has 0 aliphatic carbocycles. The van der Waals surface area contributed by atoms with Crippen LogP contribution in [0.25, 0.3) is 0 Å². The van der Waals surface area contributed by atoms with Crippen LogP contribution in [0.15, 0.2) is 21.7 Å². The highest BCUT2D eigenvalue weighted by Gasteiger charge is 2.16. The maximum absolute atomic E-state index is 11.3. The minimum atomic E-state index is -0.764. The maximum atomic E-state index is 11.3. The molecule has 0 aromatic carbocycles. The van der Waals surface area contributed by atoms with E-state index in [1.54, 1.807) is 6.92 Å². The molecule has 6 nitrogen and oxygen atoms in total. The lowest BCUT2D eigenvalue weighted by atomic mass is 10.3. The summed E-state index contributed by atoms with van der Waals surface area (Å²) in [6.45, 7) is 1.73. The smallest absolute Gasteiger partial charge is 0.333 e. The van der Waals surface area contributed by atoms with E-state index >= 15 is 0 Å². The van der Waals surface area contributed by atoms with Gasteiger partial charge in [-0.25, -0.2) is 0 Å². The number of hydrogen-bond acceptors (Lipinski definition) is 4. The van der Waals surface area contributed by atoms with E-state index < -0.39 is 16.0 Å². The van der Waals surface area contributed by atoms with E-state index in [1.165, 1.54) is 10.8 Å². The quantitative estimate of drug-likeness (QED) is 0.621. The van der Waals surface area contributed by atoms with Gasteiger partial charge >= 0.3 is 5.69 Å². The monoisotopic (exact) mass is 288 g/mol. The number of nitro groups is 1. The number of pyridine rings is 1. The summed E-state index contributed by atoms with van der Waals surface area (Å²) in [5.41, 5.74) is -1.23. The fourth-order valence-electron chi connectivity index (χ4n) is 1.12. The van der Waals surface area contributed by atoms with E-state index in [4.69, 9.17) is 0 Å².